The normalized spacial score (nSPS) is 21.3. The summed E-state index contributed by atoms with van der Waals surface area (Å²) in [4.78, 5) is 42.7. The van der Waals surface area contributed by atoms with Crippen molar-refractivity contribution in [2.45, 2.75) is 51.0 Å². The summed E-state index contributed by atoms with van der Waals surface area (Å²) in [6, 6.07) is 9.83. The average Bonchev–Trinajstić information content (AvgIpc) is 2.73. The van der Waals surface area contributed by atoms with E-state index in [0.717, 1.165) is 18.4 Å². The number of primary amides is 1. The molecular formula is C24H28N4O3. The SMILES string of the molecule is C[C@@H]1CC[C@@H](c2ccc(C3CCC3)cc2)N(C(=O)C(=O)Nc2cncc(C(N)=O)c2)C1. The van der Waals surface area contributed by atoms with E-state index in [1.54, 1.807) is 4.90 Å². The van der Waals surface area contributed by atoms with Gasteiger partial charge >= 0.3 is 11.8 Å². The van der Waals surface area contributed by atoms with Gasteiger partial charge in [-0.2, -0.15) is 0 Å². The predicted molar refractivity (Wildman–Crippen MR) is 117 cm³/mol. The molecule has 2 heterocycles. The lowest BCUT2D eigenvalue weighted by Gasteiger charge is -2.38. The first-order valence-corrected chi connectivity index (χ1v) is 10.9. The second-order valence-electron chi connectivity index (χ2n) is 8.73. The molecule has 4 rings (SSSR count). The van der Waals surface area contributed by atoms with E-state index in [9.17, 15) is 14.4 Å². The number of benzene rings is 1. The maximum absolute atomic E-state index is 13.1. The number of nitrogens with zero attached hydrogens (tertiary/aromatic N) is 2. The molecule has 0 bridgehead atoms. The molecule has 7 heteroatoms. The minimum absolute atomic E-state index is 0.125. The van der Waals surface area contributed by atoms with Crippen LogP contribution in [0.2, 0.25) is 0 Å². The molecule has 0 spiro atoms. The van der Waals surface area contributed by atoms with E-state index in [0.29, 0.717) is 18.4 Å². The standard InChI is InChI=1S/C24H28N4O3/c1-15-5-10-21(18-8-6-17(7-9-18)16-3-2-4-16)28(14-15)24(31)23(30)27-20-11-19(22(25)29)12-26-13-20/h6-9,11-13,15-16,21H,2-5,10,14H2,1H3,(H2,25,29)(H,27,30)/t15-,21+/m1/s1. The summed E-state index contributed by atoms with van der Waals surface area (Å²) in [7, 11) is 0. The summed E-state index contributed by atoms with van der Waals surface area (Å²) in [5.41, 5.74) is 8.12. The highest BCUT2D eigenvalue weighted by Crippen LogP contribution is 2.38. The number of anilines is 1. The topological polar surface area (TPSA) is 105 Å². The van der Waals surface area contributed by atoms with Gasteiger partial charge in [0.25, 0.3) is 0 Å². The second kappa shape index (κ2) is 8.88. The summed E-state index contributed by atoms with van der Waals surface area (Å²) in [5.74, 6) is -0.987. The van der Waals surface area contributed by atoms with Gasteiger partial charge in [-0.1, -0.05) is 37.6 Å². The van der Waals surface area contributed by atoms with E-state index in [1.807, 2.05) is 0 Å². The Labute approximate surface area is 182 Å². The lowest BCUT2D eigenvalue weighted by atomic mass is 9.79. The Hall–Kier alpha value is -3.22. The number of likely N-dealkylation sites (tertiary alicyclic amines) is 1. The zero-order chi connectivity index (χ0) is 22.0. The molecule has 2 aromatic rings. The number of carbonyl (C=O) groups is 3. The van der Waals surface area contributed by atoms with Gasteiger partial charge in [0.1, 0.15) is 0 Å². The molecular weight excluding hydrogens is 392 g/mol. The van der Waals surface area contributed by atoms with Crippen molar-refractivity contribution in [1.82, 2.24) is 9.88 Å². The Morgan fingerprint density at radius 1 is 1.03 bits per heavy atom. The largest absolute Gasteiger partial charge is 0.366 e. The highest BCUT2D eigenvalue weighted by Gasteiger charge is 2.34. The fraction of sp³-hybridized carbons (Fsp3) is 0.417. The Morgan fingerprint density at radius 3 is 2.39 bits per heavy atom. The van der Waals surface area contributed by atoms with Crippen LogP contribution in [0.5, 0.6) is 0 Å². The maximum Gasteiger partial charge on any atom is 0.313 e. The molecule has 0 radical (unpaired) electrons. The molecule has 2 atom stereocenters. The summed E-state index contributed by atoms with van der Waals surface area (Å²) < 4.78 is 0. The van der Waals surface area contributed by atoms with Crippen LogP contribution in [0.25, 0.3) is 0 Å². The molecule has 1 saturated heterocycles. The van der Waals surface area contributed by atoms with Gasteiger partial charge in [-0.15, -0.1) is 0 Å². The fourth-order valence-electron chi connectivity index (χ4n) is 4.41. The molecule has 3 N–H and O–H groups in total. The lowest BCUT2D eigenvalue weighted by Crippen LogP contribution is -2.46. The van der Waals surface area contributed by atoms with Crippen LogP contribution in [0.3, 0.4) is 0 Å². The van der Waals surface area contributed by atoms with Crippen LogP contribution in [-0.4, -0.2) is 34.2 Å². The second-order valence-corrected chi connectivity index (χ2v) is 8.73. The van der Waals surface area contributed by atoms with Crippen LogP contribution in [0.1, 0.15) is 72.5 Å². The third kappa shape index (κ3) is 4.60. The van der Waals surface area contributed by atoms with Gasteiger partial charge in [-0.25, -0.2) is 0 Å². The molecule has 1 aliphatic heterocycles. The molecule has 1 saturated carbocycles. The highest BCUT2D eigenvalue weighted by atomic mass is 16.2. The number of hydrogen-bond donors (Lipinski definition) is 2. The van der Waals surface area contributed by atoms with Crippen molar-refractivity contribution < 1.29 is 14.4 Å². The number of carbonyl (C=O) groups excluding carboxylic acids is 3. The first kappa shape index (κ1) is 21.0. The quantitative estimate of drug-likeness (QED) is 0.740. The molecule has 1 aliphatic carbocycles. The van der Waals surface area contributed by atoms with E-state index in [4.69, 9.17) is 5.73 Å². The number of aromatic nitrogens is 1. The fourth-order valence-corrected chi connectivity index (χ4v) is 4.41. The minimum atomic E-state index is -0.742. The molecule has 2 aliphatic rings. The third-order valence-electron chi connectivity index (χ3n) is 6.45. The van der Waals surface area contributed by atoms with E-state index in [1.165, 1.54) is 43.3 Å². The predicted octanol–water partition coefficient (Wildman–Crippen LogP) is 3.39. The van der Waals surface area contributed by atoms with Crippen LogP contribution in [0.15, 0.2) is 42.7 Å². The van der Waals surface area contributed by atoms with Crippen molar-refractivity contribution in [1.29, 1.82) is 0 Å². The lowest BCUT2D eigenvalue weighted by molar-refractivity contribution is -0.146. The first-order chi connectivity index (χ1) is 14.9. The summed E-state index contributed by atoms with van der Waals surface area (Å²) in [5, 5.41) is 2.56. The van der Waals surface area contributed by atoms with Gasteiger partial charge in [0, 0.05) is 12.7 Å². The molecule has 2 fully saturated rings. The van der Waals surface area contributed by atoms with E-state index < -0.39 is 17.7 Å². The van der Waals surface area contributed by atoms with Crippen molar-refractivity contribution in [3.63, 3.8) is 0 Å². The summed E-state index contributed by atoms with van der Waals surface area (Å²) in [6.45, 7) is 2.62. The van der Waals surface area contributed by atoms with Crippen LogP contribution in [0.4, 0.5) is 5.69 Å². The molecule has 162 valence electrons. The molecule has 31 heavy (non-hydrogen) atoms. The van der Waals surface area contributed by atoms with Gasteiger partial charge < -0.3 is 16.0 Å². The van der Waals surface area contributed by atoms with Crippen molar-refractivity contribution in [3.05, 3.63) is 59.4 Å². The van der Waals surface area contributed by atoms with Crippen molar-refractivity contribution in [2.24, 2.45) is 11.7 Å². The summed E-state index contributed by atoms with van der Waals surface area (Å²) in [6.07, 6.45) is 8.31. The molecule has 1 aromatic heterocycles. The summed E-state index contributed by atoms with van der Waals surface area (Å²) >= 11 is 0. The minimum Gasteiger partial charge on any atom is -0.366 e. The van der Waals surface area contributed by atoms with Gasteiger partial charge in [0.15, 0.2) is 0 Å². The highest BCUT2D eigenvalue weighted by molar-refractivity contribution is 6.39. The number of piperidine rings is 1. The number of rotatable bonds is 4. The Kier molecular flexibility index (Phi) is 6.02. The van der Waals surface area contributed by atoms with Crippen molar-refractivity contribution in [2.75, 3.05) is 11.9 Å². The zero-order valence-electron chi connectivity index (χ0n) is 17.7. The van der Waals surface area contributed by atoms with Gasteiger partial charge in [0.05, 0.1) is 23.5 Å². The number of pyridine rings is 1. The number of nitrogens with two attached hydrogens (primary N) is 1. The number of amides is 3. The van der Waals surface area contributed by atoms with Crippen molar-refractivity contribution in [3.8, 4) is 0 Å². The first-order valence-electron chi connectivity index (χ1n) is 10.9. The Morgan fingerprint density at radius 2 is 1.74 bits per heavy atom. The van der Waals surface area contributed by atoms with Crippen LogP contribution in [-0.2, 0) is 9.59 Å². The average molecular weight is 421 g/mol. The van der Waals surface area contributed by atoms with Gasteiger partial charge in [0.2, 0.25) is 5.91 Å². The third-order valence-corrected chi connectivity index (χ3v) is 6.45. The Bertz CT molecular complexity index is 985. The van der Waals surface area contributed by atoms with Crippen LogP contribution in [0, 0.1) is 5.92 Å². The van der Waals surface area contributed by atoms with E-state index in [-0.39, 0.29) is 17.3 Å². The van der Waals surface area contributed by atoms with Crippen LogP contribution < -0.4 is 11.1 Å². The molecule has 7 nitrogen and oxygen atoms in total. The van der Waals surface area contributed by atoms with E-state index in [2.05, 4.69) is 41.5 Å². The monoisotopic (exact) mass is 420 g/mol. The van der Waals surface area contributed by atoms with Crippen LogP contribution >= 0.6 is 0 Å². The van der Waals surface area contributed by atoms with E-state index >= 15 is 0 Å². The number of nitrogens with one attached hydrogen (secondary N) is 1. The van der Waals surface area contributed by atoms with Gasteiger partial charge in [-0.3, -0.25) is 19.4 Å². The van der Waals surface area contributed by atoms with Crippen molar-refractivity contribution >= 4 is 23.4 Å². The maximum atomic E-state index is 13.1. The smallest absolute Gasteiger partial charge is 0.313 e. The Balaban J connectivity index is 1.50. The molecule has 3 amide bonds. The zero-order valence-corrected chi connectivity index (χ0v) is 17.7. The molecule has 0 unspecified atom stereocenters. The molecule has 1 aromatic carbocycles. The number of hydrogen-bond acceptors (Lipinski definition) is 4. The van der Waals surface area contributed by atoms with Gasteiger partial charge in [-0.05, 0) is 54.7 Å².